The fraction of sp³-hybridized carbons (Fsp3) is 0.308. The summed E-state index contributed by atoms with van der Waals surface area (Å²) in [6, 6.07) is -2.34. The van der Waals surface area contributed by atoms with E-state index >= 15 is 0 Å². The Morgan fingerprint density at radius 3 is 1.52 bits per heavy atom. The first-order valence-electron chi connectivity index (χ1n) is 14.2. The predicted molar refractivity (Wildman–Crippen MR) is 122 cm³/mol. The van der Waals surface area contributed by atoms with E-state index in [4.69, 9.17) is 19.1 Å². The molecule has 0 saturated carbocycles. The van der Waals surface area contributed by atoms with E-state index in [2.05, 4.69) is 0 Å². The lowest BCUT2D eigenvalue weighted by atomic mass is 9.34. The Bertz CT molecular complexity index is 1470. The molecule has 5 rings (SSSR count). The molecule has 3 aromatic rings. The van der Waals surface area contributed by atoms with Crippen molar-refractivity contribution in [2.75, 3.05) is 0 Å². The van der Waals surface area contributed by atoms with Crippen molar-refractivity contribution >= 4 is 23.1 Å². The molecule has 146 valence electrons. The van der Waals surface area contributed by atoms with Crippen LogP contribution in [0.5, 0.6) is 23.0 Å². The smallest absolute Gasteiger partial charge is 0.260 e. The Morgan fingerprint density at radius 2 is 1.10 bits per heavy atom. The van der Waals surface area contributed by atoms with Gasteiger partial charge in [-0.1, -0.05) is 71.8 Å². The normalized spacial score (nSPS) is 18.7. The molecule has 2 aliphatic heterocycles. The highest BCUT2D eigenvalue weighted by molar-refractivity contribution is 6.98. The van der Waals surface area contributed by atoms with E-state index in [1.807, 2.05) is 41.5 Å². The zero-order valence-corrected chi connectivity index (χ0v) is 17.4. The molecule has 0 amide bonds. The quantitative estimate of drug-likeness (QED) is 0.346. The average Bonchev–Trinajstić information content (AvgIpc) is 2.80. The molecule has 0 fully saturated rings. The number of fused-ring (bicyclic) bond motifs is 4. The first-order chi connectivity index (χ1) is 17.4. The summed E-state index contributed by atoms with van der Waals surface area (Å²) in [6.07, 6.45) is 0. The van der Waals surface area contributed by atoms with Crippen LogP contribution in [0.2, 0.25) is 0 Å². The van der Waals surface area contributed by atoms with Crippen LogP contribution >= 0.6 is 0 Å². The lowest BCUT2D eigenvalue weighted by molar-refractivity contribution is 0.463. The molecule has 2 nitrogen and oxygen atoms in total. The highest BCUT2D eigenvalue weighted by Crippen LogP contribution is 2.36. The second-order valence-electron chi connectivity index (χ2n) is 9.57. The molecule has 0 N–H and O–H groups in total. The summed E-state index contributed by atoms with van der Waals surface area (Å²) >= 11 is 0. The maximum Gasteiger partial charge on any atom is 0.260 e. The summed E-state index contributed by atoms with van der Waals surface area (Å²) in [7, 11) is 0. The van der Waals surface area contributed by atoms with Crippen LogP contribution in [-0.2, 0) is 10.8 Å². The van der Waals surface area contributed by atoms with Crippen molar-refractivity contribution in [1.82, 2.24) is 0 Å². The van der Waals surface area contributed by atoms with Gasteiger partial charge in [0.25, 0.3) is 6.71 Å². The fourth-order valence-electron chi connectivity index (χ4n) is 3.58. The highest BCUT2D eigenvalue weighted by Gasteiger charge is 2.40. The lowest BCUT2D eigenvalue weighted by Crippen LogP contribution is -2.57. The van der Waals surface area contributed by atoms with Gasteiger partial charge < -0.3 is 9.47 Å². The molecule has 0 saturated heterocycles. The van der Waals surface area contributed by atoms with Crippen molar-refractivity contribution in [3.05, 3.63) is 65.5 Å². The fourth-order valence-corrected chi connectivity index (χ4v) is 3.58. The highest BCUT2D eigenvalue weighted by atomic mass is 16.5. The third-order valence-corrected chi connectivity index (χ3v) is 5.23. The number of hydrogen-bond donors (Lipinski definition) is 0. The summed E-state index contributed by atoms with van der Waals surface area (Å²) in [5.74, 6) is -0.488. The molecule has 0 radical (unpaired) electrons. The molecule has 0 aromatic heterocycles. The minimum Gasteiger partial charge on any atom is -0.458 e. The number of rotatable bonds is 0. The summed E-state index contributed by atoms with van der Waals surface area (Å²) in [5, 5.41) is 0. The molecule has 2 aliphatic rings. The Balaban J connectivity index is 2.04. The zero-order chi connectivity index (χ0) is 28.4. The maximum absolute atomic E-state index is 9.22. The van der Waals surface area contributed by atoms with Crippen LogP contribution in [0.15, 0.2) is 54.4 Å². The monoisotopic (exact) mass is 391 g/mol. The van der Waals surface area contributed by atoms with Gasteiger partial charge in [0.15, 0.2) is 0 Å². The summed E-state index contributed by atoms with van der Waals surface area (Å²) < 4.78 is 90.9. The predicted octanol–water partition coefficient (Wildman–Crippen LogP) is 5.01. The molecule has 29 heavy (non-hydrogen) atoms. The molecule has 0 bridgehead atoms. The van der Waals surface area contributed by atoms with E-state index in [0.29, 0.717) is 11.1 Å². The molecule has 3 aromatic carbocycles. The first-order valence-corrected chi connectivity index (χ1v) is 9.68. The molecule has 0 aliphatic carbocycles. The molecule has 0 atom stereocenters. The number of hydrogen-bond acceptors (Lipinski definition) is 2. The van der Waals surface area contributed by atoms with Gasteiger partial charge in [-0.2, -0.15) is 0 Å². The van der Waals surface area contributed by atoms with Crippen molar-refractivity contribution in [3.63, 3.8) is 0 Å². The standard InChI is InChI=1S/C26H27BO2/c1-25(2,3)16-10-12-20-18(14-16)27-19-15-17(26(4,5)6)11-13-21(19)29-23-9-7-8-22(28-20)24(23)27/h7-15H,1-6H3/i7D,8D,9D,10D,11D,12D,13D,14D,15D. The van der Waals surface area contributed by atoms with Crippen LogP contribution in [0.1, 0.15) is 65.0 Å². The molecule has 0 unspecified atom stereocenters. The molecular weight excluding hydrogens is 355 g/mol. The van der Waals surface area contributed by atoms with E-state index in [1.165, 1.54) is 0 Å². The van der Waals surface area contributed by atoms with Gasteiger partial charge in [0.1, 0.15) is 23.0 Å². The zero-order valence-electron chi connectivity index (χ0n) is 26.4. The van der Waals surface area contributed by atoms with E-state index in [0.717, 1.165) is 0 Å². The minimum absolute atomic E-state index is 0.0610. The molecule has 3 heteroatoms. The SMILES string of the molecule is [2H]c1c([2H])c2c3c(c1[2H])Oc1c([2H])c([2H])c(C(C)(C)C)c([2H])c1B3c1c([2H])c(C(C)(C)C)c([2H])c([2H])c1O2. The molecule has 0 spiro atoms. The van der Waals surface area contributed by atoms with Crippen molar-refractivity contribution in [2.24, 2.45) is 0 Å². The summed E-state index contributed by atoms with van der Waals surface area (Å²) in [4.78, 5) is 0. The van der Waals surface area contributed by atoms with Gasteiger partial charge >= 0.3 is 0 Å². The Morgan fingerprint density at radius 1 is 0.655 bits per heavy atom. The van der Waals surface area contributed by atoms with Gasteiger partial charge in [-0.25, -0.2) is 0 Å². The summed E-state index contributed by atoms with van der Waals surface area (Å²) in [6.45, 7) is 9.99. The molecule has 2 heterocycles. The largest absolute Gasteiger partial charge is 0.458 e. The molecular formula is C26H27BO2. The third-order valence-electron chi connectivity index (χ3n) is 5.23. The van der Waals surface area contributed by atoms with Gasteiger partial charge in [0.2, 0.25) is 0 Å². The van der Waals surface area contributed by atoms with E-state index in [1.54, 1.807) is 0 Å². The van der Waals surface area contributed by atoms with Crippen LogP contribution in [0.3, 0.4) is 0 Å². The van der Waals surface area contributed by atoms with Crippen molar-refractivity contribution in [3.8, 4) is 23.0 Å². The van der Waals surface area contributed by atoms with Crippen molar-refractivity contribution in [2.45, 2.75) is 52.4 Å². The van der Waals surface area contributed by atoms with Crippen LogP contribution in [0.4, 0.5) is 0 Å². The van der Waals surface area contributed by atoms with E-state index in [-0.39, 0.29) is 75.6 Å². The van der Waals surface area contributed by atoms with Gasteiger partial charge in [-0.3, -0.25) is 0 Å². The second kappa shape index (κ2) is 5.92. The Labute approximate surface area is 186 Å². The van der Waals surface area contributed by atoms with Gasteiger partial charge in [-0.05, 0) is 57.1 Å². The van der Waals surface area contributed by atoms with Gasteiger partial charge in [0.05, 0.1) is 12.3 Å². The van der Waals surface area contributed by atoms with Crippen LogP contribution in [0, 0.1) is 0 Å². The minimum atomic E-state index is -1.03. The van der Waals surface area contributed by atoms with Crippen LogP contribution < -0.4 is 25.9 Å². The number of ether oxygens (including phenoxy) is 2. The topological polar surface area (TPSA) is 18.5 Å². The first kappa shape index (κ1) is 10.9. The van der Waals surface area contributed by atoms with E-state index < -0.39 is 35.7 Å². The lowest BCUT2D eigenvalue weighted by Gasteiger charge is -2.34. The maximum atomic E-state index is 9.22. The van der Waals surface area contributed by atoms with Crippen molar-refractivity contribution in [1.29, 1.82) is 0 Å². The van der Waals surface area contributed by atoms with Gasteiger partial charge in [-0.15, -0.1) is 0 Å². The Hall–Kier alpha value is -2.68. The van der Waals surface area contributed by atoms with E-state index in [9.17, 15) is 2.74 Å². The number of benzene rings is 3. The van der Waals surface area contributed by atoms with Crippen molar-refractivity contribution < 1.29 is 21.8 Å². The summed E-state index contributed by atoms with van der Waals surface area (Å²) in [5.41, 5.74) is -0.187. The third kappa shape index (κ3) is 2.87. The Kier molecular flexibility index (Phi) is 2.23. The van der Waals surface area contributed by atoms with Crippen LogP contribution in [-0.4, -0.2) is 6.71 Å². The van der Waals surface area contributed by atoms with Gasteiger partial charge in [0, 0.05) is 5.46 Å². The second-order valence-corrected chi connectivity index (χ2v) is 9.57. The van der Waals surface area contributed by atoms with Crippen LogP contribution in [0.25, 0.3) is 0 Å². The average molecular weight is 391 g/mol.